The molecule has 0 aromatic heterocycles. The summed E-state index contributed by atoms with van der Waals surface area (Å²) < 4.78 is 32.3. The van der Waals surface area contributed by atoms with Gasteiger partial charge in [-0.1, -0.05) is 18.2 Å². The molecule has 5 nitrogen and oxygen atoms in total. The van der Waals surface area contributed by atoms with E-state index in [0.717, 1.165) is 19.3 Å². The van der Waals surface area contributed by atoms with Crippen molar-refractivity contribution in [2.24, 2.45) is 5.41 Å². The zero-order valence-electron chi connectivity index (χ0n) is 11.6. The fraction of sp³-hybridized carbons (Fsp3) is 0.571. The third kappa shape index (κ3) is 3.58. The van der Waals surface area contributed by atoms with E-state index >= 15 is 0 Å². The van der Waals surface area contributed by atoms with Crippen molar-refractivity contribution in [2.75, 3.05) is 20.3 Å². The Balaban J connectivity index is 2.05. The Kier molecular flexibility index (Phi) is 4.80. The second-order valence-electron chi connectivity index (χ2n) is 5.33. The molecule has 0 saturated heterocycles. The van der Waals surface area contributed by atoms with E-state index in [1.54, 1.807) is 25.3 Å². The molecule has 1 aromatic rings. The molecule has 1 aliphatic rings. The Morgan fingerprint density at radius 1 is 1.35 bits per heavy atom. The van der Waals surface area contributed by atoms with E-state index in [4.69, 9.17) is 4.74 Å². The van der Waals surface area contributed by atoms with Gasteiger partial charge in [0.25, 0.3) is 0 Å². The van der Waals surface area contributed by atoms with E-state index in [9.17, 15) is 13.5 Å². The van der Waals surface area contributed by atoms with Gasteiger partial charge in [-0.05, 0) is 36.3 Å². The Morgan fingerprint density at radius 2 is 2.05 bits per heavy atom. The Labute approximate surface area is 120 Å². The molecular formula is C14H21NO4S. The number of methoxy groups -OCH3 is 1. The summed E-state index contributed by atoms with van der Waals surface area (Å²) in [5.74, 6) is 0. The van der Waals surface area contributed by atoms with E-state index in [2.05, 4.69) is 4.72 Å². The van der Waals surface area contributed by atoms with Crippen LogP contribution >= 0.6 is 0 Å². The van der Waals surface area contributed by atoms with Gasteiger partial charge in [0.2, 0.25) is 10.0 Å². The molecule has 112 valence electrons. The van der Waals surface area contributed by atoms with Gasteiger partial charge in [0.1, 0.15) is 0 Å². The first-order chi connectivity index (χ1) is 9.53. The van der Waals surface area contributed by atoms with Crippen molar-refractivity contribution in [3.63, 3.8) is 0 Å². The first-order valence-corrected chi connectivity index (χ1v) is 8.19. The molecule has 6 heteroatoms. The summed E-state index contributed by atoms with van der Waals surface area (Å²) in [4.78, 5) is 0.157. The van der Waals surface area contributed by atoms with Gasteiger partial charge in [0.05, 0.1) is 11.5 Å². The van der Waals surface area contributed by atoms with Crippen LogP contribution in [0.5, 0.6) is 0 Å². The lowest BCUT2D eigenvalue weighted by Gasteiger charge is -2.16. The molecule has 1 aromatic carbocycles. The number of hydrogen-bond donors (Lipinski definition) is 2. The normalized spacial score (nSPS) is 17.1. The van der Waals surface area contributed by atoms with Gasteiger partial charge in [-0.15, -0.1) is 0 Å². The number of nitrogens with one attached hydrogen (secondary N) is 1. The van der Waals surface area contributed by atoms with E-state index in [0.29, 0.717) is 18.7 Å². The third-order valence-corrected chi connectivity index (χ3v) is 5.36. The number of rotatable bonds is 8. The maximum Gasteiger partial charge on any atom is 0.240 e. The van der Waals surface area contributed by atoms with Crippen LogP contribution in [-0.2, 0) is 21.4 Å². The summed E-state index contributed by atoms with van der Waals surface area (Å²) >= 11 is 0. The van der Waals surface area contributed by atoms with Gasteiger partial charge in [0, 0.05) is 20.3 Å². The molecule has 1 saturated carbocycles. The molecule has 1 fully saturated rings. The highest BCUT2D eigenvalue weighted by Crippen LogP contribution is 2.48. The maximum absolute atomic E-state index is 12.3. The van der Waals surface area contributed by atoms with Crippen LogP contribution in [0.2, 0.25) is 0 Å². The van der Waals surface area contributed by atoms with Crippen molar-refractivity contribution in [3.05, 3.63) is 29.8 Å². The average molecular weight is 299 g/mol. The van der Waals surface area contributed by atoms with Gasteiger partial charge < -0.3 is 9.84 Å². The fourth-order valence-electron chi connectivity index (χ4n) is 2.23. The van der Waals surface area contributed by atoms with Gasteiger partial charge in [0.15, 0.2) is 0 Å². The SMILES string of the molecule is COCCC1(CNS(=O)(=O)c2ccccc2CO)CC1. The third-order valence-electron chi connectivity index (χ3n) is 3.86. The largest absolute Gasteiger partial charge is 0.392 e. The Hall–Kier alpha value is -0.950. The molecule has 1 aliphatic carbocycles. The molecule has 0 atom stereocenters. The Morgan fingerprint density at radius 3 is 2.65 bits per heavy atom. The fourth-order valence-corrected chi connectivity index (χ4v) is 3.62. The molecular weight excluding hydrogens is 278 g/mol. The number of benzene rings is 1. The smallest absolute Gasteiger partial charge is 0.240 e. The summed E-state index contributed by atoms with van der Waals surface area (Å²) in [6.45, 7) is 0.791. The molecule has 2 rings (SSSR count). The number of aliphatic hydroxyl groups excluding tert-OH is 1. The highest BCUT2D eigenvalue weighted by Gasteiger charge is 2.42. The Bertz CT molecular complexity index is 552. The quantitative estimate of drug-likeness (QED) is 0.758. The van der Waals surface area contributed by atoms with Crippen LogP contribution in [-0.4, -0.2) is 33.8 Å². The van der Waals surface area contributed by atoms with Gasteiger partial charge in [-0.3, -0.25) is 0 Å². The van der Waals surface area contributed by atoms with Crippen molar-refractivity contribution in [3.8, 4) is 0 Å². The minimum atomic E-state index is -3.57. The van der Waals surface area contributed by atoms with E-state index < -0.39 is 10.0 Å². The van der Waals surface area contributed by atoms with Crippen LogP contribution in [0, 0.1) is 5.41 Å². The highest BCUT2D eigenvalue weighted by molar-refractivity contribution is 7.89. The van der Waals surface area contributed by atoms with Crippen LogP contribution in [0.25, 0.3) is 0 Å². The molecule has 0 heterocycles. The van der Waals surface area contributed by atoms with Crippen molar-refractivity contribution < 1.29 is 18.3 Å². The minimum absolute atomic E-state index is 0.0528. The minimum Gasteiger partial charge on any atom is -0.392 e. The predicted molar refractivity (Wildman–Crippen MR) is 75.7 cm³/mol. The highest BCUT2D eigenvalue weighted by atomic mass is 32.2. The lowest BCUT2D eigenvalue weighted by molar-refractivity contribution is 0.173. The number of aliphatic hydroxyl groups is 1. The standard InChI is InChI=1S/C14H21NO4S/c1-19-9-8-14(6-7-14)11-15-20(17,18)13-5-3-2-4-12(13)10-16/h2-5,15-16H,6-11H2,1H3. The van der Waals surface area contributed by atoms with E-state index in [1.165, 1.54) is 6.07 Å². The molecule has 0 amide bonds. The first-order valence-electron chi connectivity index (χ1n) is 6.70. The van der Waals surface area contributed by atoms with Crippen LogP contribution in [0.1, 0.15) is 24.8 Å². The van der Waals surface area contributed by atoms with Crippen molar-refractivity contribution in [1.29, 1.82) is 0 Å². The topological polar surface area (TPSA) is 75.6 Å². The summed E-state index contributed by atoms with van der Waals surface area (Å²) in [5, 5.41) is 9.23. The molecule has 0 aliphatic heterocycles. The number of sulfonamides is 1. The van der Waals surface area contributed by atoms with Gasteiger partial charge in [-0.25, -0.2) is 13.1 Å². The second-order valence-corrected chi connectivity index (χ2v) is 7.07. The van der Waals surface area contributed by atoms with Crippen LogP contribution in [0.15, 0.2) is 29.2 Å². The average Bonchev–Trinajstić information content (AvgIpc) is 3.24. The van der Waals surface area contributed by atoms with Crippen molar-refractivity contribution in [2.45, 2.75) is 30.8 Å². The zero-order chi connectivity index (χ0) is 14.6. The maximum atomic E-state index is 12.3. The van der Waals surface area contributed by atoms with Crippen molar-refractivity contribution >= 4 is 10.0 Å². The summed E-state index contributed by atoms with van der Waals surface area (Å²) in [6.07, 6.45) is 2.93. The van der Waals surface area contributed by atoms with Gasteiger partial charge in [-0.2, -0.15) is 0 Å². The molecule has 0 radical (unpaired) electrons. The van der Waals surface area contributed by atoms with Crippen LogP contribution in [0.4, 0.5) is 0 Å². The first kappa shape index (κ1) is 15.4. The van der Waals surface area contributed by atoms with Crippen molar-refractivity contribution in [1.82, 2.24) is 4.72 Å². The lowest BCUT2D eigenvalue weighted by Crippen LogP contribution is -2.31. The molecule has 0 unspecified atom stereocenters. The molecule has 0 spiro atoms. The summed E-state index contributed by atoms with van der Waals surface area (Å²) in [7, 11) is -1.92. The predicted octanol–water partition coefficient (Wildman–Crippen LogP) is 1.27. The van der Waals surface area contributed by atoms with Crippen LogP contribution in [0.3, 0.4) is 0 Å². The molecule has 0 bridgehead atoms. The van der Waals surface area contributed by atoms with E-state index in [-0.39, 0.29) is 16.9 Å². The zero-order valence-corrected chi connectivity index (χ0v) is 12.4. The summed E-state index contributed by atoms with van der Waals surface area (Å²) in [5.41, 5.74) is 0.471. The monoisotopic (exact) mass is 299 g/mol. The number of hydrogen-bond acceptors (Lipinski definition) is 4. The van der Waals surface area contributed by atoms with E-state index in [1.807, 2.05) is 0 Å². The number of ether oxygens (including phenoxy) is 1. The van der Waals surface area contributed by atoms with Crippen LogP contribution < -0.4 is 4.72 Å². The molecule has 20 heavy (non-hydrogen) atoms. The lowest BCUT2D eigenvalue weighted by atomic mass is 10.0. The summed E-state index contributed by atoms with van der Waals surface area (Å²) in [6, 6.07) is 6.51. The second kappa shape index (κ2) is 6.22. The van der Waals surface area contributed by atoms with Gasteiger partial charge >= 0.3 is 0 Å². The molecule has 2 N–H and O–H groups in total.